The summed E-state index contributed by atoms with van der Waals surface area (Å²) in [4.78, 5) is 16.9. The first-order valence-electron chi connectivity index (χ1n) is 8.21. The van der Waals surface area contributed by atoms with Gasteiger partial charge in [0.05, 0.1) is 24.1 Å². The van der Waals surface area contributed by atoms with E-state index in [0.29, 0.717) is 17.7 Å². The number of rotatable bonds is 4. The van der Waals surface area contributed by atoms with Gasteiger partial charge in [-0.05, 0) is 31.2 Å². The zero-order chi connectivity index (χ0) is 14.9. The summed E-state index contributed by atoms with van der Waals surface area (Å²) >= 11 is 0. The van der Waals surface area contributed by atoms with Crippen molar-refractivity contribution in [2.75, 3.05) is 32.8 Å². The van der Waals surface area contributed by atoms with Crippen LogP contribution in [0, 0.1) is 5.92 Å². The number of ether oxygens (including phenoxy) is 1. The minimum absolute atomic E-state index is 0.0666. The molecule has 3 aliphatic rings. The number of hydrogen-bond donors (Lipinski definition) is 0. The first-order valence-corrected chi connectivity index (χ1v) is 8.21. The van der Waals surface area contributed by atoms with E-state index in [1.165, 1.54) is 12.8 Å². The SMILES string of the molecule is O=C(c1ccnnc1)N1CCN2C[C@H](OCC3CC3)C[C@H]2C1. The summed E-state index contributed by atoms with van der Waals surface area (Å²) in [5.41, 5.74) is 0.628. The Bertz CT molecular complexity index is 534. The van der Waals surface area contributed by atoms with Gasteiger partial charge in [-0.1, -0.05) is 0 Å². The van der Waals surface area contributed by atoms with Gasteiger partial charge in [-0.15, -0.1) is 0 Å². The third-order valence-corrected chi connectivity index (χ3v) is 4.96. The number of nitrogens with zero attached hydrogens (tertiary/aromatic N) is 4. The van der Waals surface area contributed by atoms with Crippen LogP contribution < -0.4 is 0 Å². The molecule has 3 fully saturated rings. The second-order valence-electron chi connectivity index (χ2n) is 6.67. The molecule has 1 aromatic rings. The van der Waals surface area contributed by atoms with Crippen molar-refractivity contribution in [2.45, 2.75) is 31.4 Å². The fraction of sp³-hybridized carbons (Fsp3) is 0.688. The van der Waals surface area contributed by atoms with Gasteiger partial charge in [0.1, 0.15) is 0 Å². The number of fused-ring (bicyclic) bond motifs is 1. The summed E-state index contributed by atoms with van der Waals surface area (Å²) in [6.45, 7) is 4.47. The molecule has 1 saturated carbocycles. The Morgan fingerprint density at radius 1 is 1.27 bits per heavy atom. The van der Waals surface area contributed by atoms with E-state index in [0.717, 1.165) is 45.1 Å². The molecule has 2 saturated heterocycles. The van der Waals surface area contributed by atoms with Gasteiger partial charge < -0.3 is 9.64 Å². The fourth-order valence-electron chi connectivity index (χ4n) is 3.46. The standard InChI is InChI=1S/C16H22N4O2/c21-16(13-3-4-17-18-8-13)20-6-5-19-10-15(7-14(19)9-20)22-11-12-1-2-12/h3-4,8,12,14-15H,1-2,5-7,9-11H2/t14-,15+/m0/s1. The van der Waals surface area contributed by atoms with Crippen LogP contribution in [0.3, 0.4) is 0 Å². The lowest BCUT2D eigenvalue weighted by atomic mass is 10.1. The quantitative estimate of drug-likeness (QED) is 0.823. The maximum atomic E-state index is 12.5. The van der Waals surface area contributed by atoms with E-state index in [1.54, 1.807) is 18.5 Å². The minimum atomic E-state index is 0.0666. The largest absolute Gasteiger partial charge is 0.377 e. The highest BCUT2D eigenvalue weighted by Gasteiger charge is 2.38. The molecule has 0 N–H and O–H groups in total. The second kappa shape index (κ2) is 5.93. The van der Waals surface area contributed by atoms with Crippen molar-refractivity contribution in [3.8, 4) is 0 Å². The summed E-state index contributed by atoms with van der Waals surface area (Å²) in [6, 6.07) is 2.18. The highest BCUT2D eigenvalue weighted by molar-refractivity contribution is 5.93. The molecule has 2 atom stereocenters. The maximum absolute atomic E-state index is 12.5. The van der Waals surface area contributed by atoms with Crippen LogP contribution in [0.5, 0.6) is 0 Å². The van der Waals surface area contributed by atoms with Crippen molar-refractivity contribution < 1.29 is 9.53 Å². The van der Waals surface area contributed by atoms with Crippen LogP contribution in [0.1, 0.15) is 29.6 Å². The van der Waals surface area contributed by atoms with Crippen LogP contribution in [0.2, 0.25) is 0 Å². The molecule has 0 unspecified atom stereocenters. The van der Waals surface area contributed by atoms with Gasteiger partial charge in [0.2, 0.25) is 0 Å². The van der Waals surface area contributed by atoms with Gasteiger partial charge in [-0.25, -0.2) is 0 Å². The van der Waals surface area contributed by atoms with Crippen LogP contribution in [0.15, 0.2) is 18.5 Å². The lowest BCUT2D eigenvalue weighted by Crippen LogP contribution is -2.52. The fourth-order valence-corrected chi connectivity index (χ4v) is 3.46. The molecule has 118 valence electrons. The predicted octanol–water partition coefficient (Wildman–Crippen LogP) is 0.802. The molecule has 6 nitrogen and oxygen atoms in total. The van der Waals surface area contributed by atoms with Crippen LogP contribution in [-0.2, 0) is 4.74 Å². The van der Waals surface area contributed by atoms with Gasteiger partial charge in [0, 0.05) is 38.8 Å². The Balaban J connectivity index is 1.34. The zero-order valence-electron chi connectivity index (χ0n) is 12.7. The lowest BCUT2D eigenvalue weighted by molar-refractivity contribution is 0.0492. The molecule has 1 aliphatic carbocycles. The number of hydrogen-bond acceptors (Lipinski definition) is 5. The lowest BCUT2D eigenvalue weighted by Gasteiger charge is -2.37. The molecule has 6 heteroatoms. The molecule has 1 aromatic heterocycles. The smallest absolute Gasteiger partial charge is 0.255 e. The predicted molar refractivity (Wildman–Crippen MR) is 80.4 cm³/mol. The molecule has 4 rings (SSSR count). The molecule has 0 bridgehead atoms. The zero-order valence-corrected chi connectivity index (χ0v) is 12.7. The highest BCUT2D eigenvalue weighted by Crippen LogP contribution is 2.31. The van der Waals surface area contributed by atoms with Gasteiger partial charge >= 0.3 is 0 Å². The van der Waals surface area contributed by atoms with Crippen molar-refractivity contribution in [3.05, 3.63) is 24.0 Å². The Morgan fingerprint density at radius 3 is 2.95 bits per heavy atom. The van der Waals surface area contributed by atoms with E-state index in [9.17, 15) is 4.79 Å². The van der Waals surface area contributed by atoms with Crippen LogP contribution in [-0.4, -0.2) is 70.8 Å². The Labute approximate surface area is 130 Å². The van der Waals surface area contributed by atoms with E-state index >= 15 is 0 Å². The number of carbonyl (C=O) groups excluding carboxylic acids is 1. The van der Waals surface area contributed by atoms with E-state index in [-0.39, 0.29) is 5.91 Å². The molecular formula is C16H22N4O2. The highest BCUT2D eigenvalue weighted by atomic mass is 16.5. The molecular weight excluding hydrogens is 280 g/mol. The maximum Gasteiger partial charge on any atom is 0.255 e. The van der Waals surface area contributed by atoms with Crippen LogP contribution in [0.4, 0.5) is 0 Å². The van der Waals surface area contributed by atoms with E-state index in [4.69, 9.17) is 4.74 Å². The monoisotopic (exact) mass is 302 g/mol. The summed E-state index contributed by atoms with van der Waals surface area (Å²) in [5.74, 6) is 0.881. The third-order valence-electron chi connectivity index (χ3n) is 4.96. The molecule has 3 heterocycles. The Morgan fingerprint density at radius 2 is 2.18 bits per heavy atom. The van der Waals surface area contributed by atoms with E-state index in [2.05, 4.69) is 15.1 Å². The van der Waals surface area contributed by atoms with Crippen molar-refractivity contribution in [1.29, 1.82) is 0 Å². The summed E-state index contributed by atoms with van der Waals surface area (Å²) in [7, 11) is 0. The van der Waals surface area contributed by atoms with E-state index < -0.39 is 0 Å². The van der Waals surface area contributed by atoms with Crippen molar-refractivity contribution in [3.63, 3.8) is 0 Å². The van der Waals surface area contributed by atoms with Gasteiger partial charge in [0.15, 0.2) is 0 Å². The molecule has 0 aromatic carbocycles. The molecule has 22 heavy (non-hydrogen) atoms. The first-order chi connectivity index (χ1) is 10.8. The summed E-state index contributed by atoms with van der Waals surface area (Å²) in [6.07, 6.45) is 7.18. The van der Waals surface area contributed by atoms with Crippen molar-refractivity contribution in [2.24, 2.45) is 5.92 Å². The average molecular weight is 302 g/mol. The molecule has 2 aliphatic heterocycles. The number of aromatic nitrogens is 2. The topological polar surface area (TPSA) is 58.6 Å². The van der Waals surface area contributed by atoms with Gasteiger partial charge in [0.25, 0.3) is 5.91 Å². The Hall–Kier alpha value is -1.53. The number of amides is 1. The summed E-state index contributed by atoms with van der Waals surface area (Å²) < 4.78 is 6.04. The van der Waals surface area contributed by atoms with Crippen LogP contribution >= 0.6 is 0 Å². The van der Waals surface area contributed by atoms with Crippen molar-refractivity contribution in [1.82, 2.24) is 20.0 Å². The van der Waals surface area contributed by atoms with E-state index in [1.807, 2.05) is 4.90 Å². The van der Waals surface area contributed by atoms with Gasteiger partial charge in [-0.3, -0.25) is 9.69 Å². The normalized spacial score (nSPS) is 28.6. The molecule has 0 radical (unpaired) electrons. The first kappa shape index (κ1) is 14.1. The Kier molecular flexibility index (Phi) is 3.80. The number of piperazine rings is 1. The summed E-state index contributed by atoms with van der Waals surface area (Å²) in [5, 5.41) is 7.53. The number of carbonyl (C=O) groups is 1. The molecule has 0 spiro atoms. The van der Waals surface area contributed by atoms with Crippen LogP contribution in [0.25, 0.3) is 0 Å². The average Bonchev–Trinajstić information content (AvgIpc) is 3.30. The van der Waals surface area contributed by atoms with Crippen molar-refractivity contribution >= 4 is 5.91 Å². The van der Waals surface area contributed by atoms with Gasteiger partial charge in [-0.2, -0.15) is 10.2 Å². The minimum Gasteiger partial charge on any atom is -0.377 e. The second-order valence-corrected chi connectivity index (χ2v) is 6.67. The molecule has 1 amide bonds. The third kappa shape index (κ3) is 2.98.